The van der Waals surface area contributed by atoms with Crippen LogP contribution >= 0.6 is 0 Å². The number of carbonyl (C=O) groups excluding carboxylic acids is 3. The quantitative estimate of drug-likeness (QED) is 0.0195. The topological polar surface area (TPSA) is 111 Å². The fraction of sp³-hybridized carbons (Fsp3) is 0.937. The second-order valence-corrected chi connectivity index (χ2v) is 28.4. The number of hydrogen-bond donors (Lipinski definition) is 0. The summed E-state index contributed by atoms with van der Waals surface area (Å²) >= 11 is 0. The third kappa shape index (κ3) is 71.5. The molecule has 0 radical (unpaired) electrons. The number of carboxylic acid groups (broad SMARTS) is 1. The number of nitrogens with zero attached hydrogens (tertiary/aromatic N) is 1. The van der Waals surface area contributed by atoms with Crippen LogP contribution in [0, 0.1) is 0 Å². The first kappa shape index (κ1) is 86.0. The predicted molar refractivity (Wildman–Crippen MR) is 376 cm³/mol. The summed E-state index contributed by atoms with van der Waals surface area (Å²) in [5, 5.41) is 11.8. The molecule has 0 N–H and O–H groups in total. The largest absolute Gasteiger partial charge is 0.545 e. The molecule has 0 aliphatic heterocycles. The number of quaternary nitrogens is 1. The molecule has 522 valence electrons. The number of carbonyl (C=O) groups is 3. The van der Waals surface area contributed by atoms with Crippen molar-refractivity contribution < 1.29 is 42.9 Å². The van der Waals surface area contributed by atoms with Gasteiger partial charge < -0.3 is 33.3 Å². The molecular weight excluding hydrogens is 1090 g/mol. The minimum Gasteiger partial charge on any atom is -0.545 e. The van der Waals surface area contributed by atoms with E-state index in [1.54, 1.807) is 0 Å². The molecule has 88 heavy (non-hydrogen) atoms. The maximum Gasteiger partial charge on any atom is 0.306 e. The summed E-state index contributed by atoms with van der Waals surface area (Å²) in [6, 6.07) is 0. The molecule has 2 atom stereocenters. The average Bonchev–Trinajstić information content (AvgIpc) is 3.52. The monoisotopic (exact) mass is 1240 g/mol. The van der Waals surface area contributed by atoms with Crippen molar-refractivity contribution in [2.75, 3.05) is 47.5 Å². The van der Waals surface area contributed by atoms with Gasteiger partial charge in [0.05, 0.1) is 40.3 Å². The Balaban J connectivity index is 3.93. The van der Waals surface area contributed by atoms with E-state index in [9.17, 15) is 19.5 Å². The number of rotatable bonds is 75. The van der Waals surface area contributed by atoms with E-state index in [4.69, 9.17) is 18.9 Å². The number of carboxylic acids is 1. The second-order valence-electron chi connectivity index (χ2n) is 28.4. The zero-order valence-corrected chi connectivity index (χ0v) is 59.9. The lowest BCUT2D eigenvalue weighted by Crippen LogP contribution is -2.44. The van der Waals surface area contributed by atoms with Crippen LogP contribution in [0.3, 0.4) is 0 Å². The van der Waals surface area contributed by atoms with E-state index in [1.165, 1.54) is 353 Å². The maximum absolute atomic E-state index is 13.0. The second kappa shape index (κ2) is 70.9. The molecule has 0 heterocycles. The Morgan fingerprint density at radius 2 is 0.580 bits per heavy atom. The minimum absolute atomic E-state index is 0.153. The van der Waals surface area contributed by atoms with Gasteiger partial charge in [0.15, 0.2) is 12.4 Å². The van der Waals surface area contributed by atoms with Crippen molar-refractivity contribution in [3.8, 4) is 0 Å². The Morgan fingerprint density at radius 3 is 0.841 bits per heavy atom. The van der Waals surface area contributed by atoms with Gasteiger partial charge in [-0.3, -0.25) is 9.59 Å². The summed E-state index contributed by atoms with van der Waals surface area (Å²) in [5.74, 6) is -2.24. The lowest BCUT2D eigenvalue weighted by Gasteiger charge is -2.26. The Morgan fingerprint density at radius 1 is 0.330 bits per heavy atom. The van der Waals surface area contributed by atoms with Gasteiger partial charge in [0.2, 0.25) is 0 Å². The SMILES string of the molecule is CCCCCCCCCC/C=C\CCCCCCCCCCCCCCCCCCCCCCCCCCCCCC(=O)OC(COC(=O)CCCCCCCCCCCCCCCCCCCCCCCCCC)COC(OCC[N+](C)(C)C)C(=O)[O-]. The van der Waals surface area contributed by atoms with Crippen molar-refractivity contribution in [1.29, 1.82) is 0 Å². The average molecular weight is 1250 g/mol. The molecule has 2 unspecified atom stereocenters. The smallest absolute Gasteiger partial charge is 0.306 e. The molecule has 0 saturated carbocycles. The van der Waals surface area contributed by atoms with Gasteiger partial charge in [-0.15, -0.1) is 0 Å². The number of esters is 2. The maximum atomic E-state index is 13.0. The molecule has 0 amide bonds. The van der Waals surface area contributed by atoms with Gasteiger partial charge in [-0.2, -0.15) is 0 Å². The number of unbranched alkanes of at least 4 members (excludes halogenated alkanes) is 58. The highest BCUT2D eigenvalue weighted by Crippen LogP contribution is 2.20. The Labute approximate surface area is 548 Å². The summed E-state index contributed by atoms with van der Waals surface area (Å²) in [7, 11) is 5.95. The van der Waals surface area contributed by atoms with Gasteiger partial charge in [0.1, 0.15) is 13.2 Å². The van der Waals surface area contributed by atoms with E-state index in [0.29, 0.717) is 17.4 Å². The van der Waals surface area contributed by atoms with Crippen LogP contribution in [-0.2, 0) is 33.3 Å². The third-order valence-corrected chi connectivity index (χ3v) is 18.3. The Hall–Kier alpha value is -1.97. The van der Waals surface area contributed by atoms with Gasteiger partial charge >= 0.3 is 11.9 Å². The number of hydrogen-bond acceptors (Lipinski definition) is 8. The number of allylic oxidation sites excluding steroid dienone is 2. The van der Waals surface area contributed by atoms with Crippen LogP contribution in [0.5, 0.6) is 0 Å². The van der Waals surface area contributed by atoms with Crippen LogP contribution in [0.15, 0.2) is 12.2 Å². The summed E-state index contributed by atoms with van der Waals surface area (Å²) < 4.78 is 22.9. The summed E-state index contributed by atoms with van der Waals surface area (Å²) in [6.45, 7) is 4.84. The van der Waals surface area contributed by atoms with E-state index in [2.05, 4.69) is 26.0 Å². The molecule has 0 aromatic carbocycles. The van der Waals surface area contributed by atoms with Gasteiger partial charge in [0, 0.05) is 12.8 Å². The van der Waals surface area contributed by atoms with Crippen LogP contribution < -0.4 is 5.11 Å². The molecule has 0 saturated heterocycles. The summed E-state index contributed by atoms with van der Waals surface area (Å²) in [4.78, 5) is 37.5. The van der Waals surface area contributed by atoms with Crippen molar-refractivity contribution in [3.63, 3.8) is 0 Å². The normalized spacial score (nSPS) is 12.6. The first-order valence-electron chi connectivity index (χ1n) is 39.3. The molecule has 9 nitrogen and oxygen atoms in total. The minimum atomic E-state index is -1.62. The molecule has 0 aliphatic rings. The number of ether oxygens (including phenoxy) is 4. The molecule has 9 heteroatoms. The van der Waals surface area contributed by atoms with E-state index in [0.717, 1.165) is 38.5 Å². The highest BCUT2D eigenvalue weighted by atomic mass is 16.7. The Bertz CT molecular complexity index is 1450. The van der Waals surface area contributed by atoms with E-state index in [1.807, 2.05) is 21.1 Å². The predicted octanol–water partition coefficient (Wildman–Crippen LogP) is 23.4. The van der Waals surface area contributed by atoms with Crippen molar-refractivity contribution in [1.82, 2.24) is 0 Å². The molecule has 0 fully saturated rings. The van der Waals surface area contributed by atoms with Crippen molar-refractivity contribution in [2.24, 2.45) is 0 Å². The summed E-state index contributed by atoms with van der Waals surface area (Å²) in [6.07, 6.45) is 84.9. The number of aliphatic carboxylic acids is 1. The van der Waals surface area contributed by atoms with Gasteiger partial charge in [0.25, 0.3) is 0 Å². The highest BCUT2D eigenvalue weighted by molar-refractivity contribution is 5.70. The number of likely N-dealkylation sites (N-methyl/N-ethyl adjacent to an activating group) is 1. The van der Waals surface area contributed by atoms with Gasteiger partial charge in [-0.1, -0.05) is 379 Å². The molecule has 0 bridgehead atoms. The zero-order valence-electron chi connectivity index (χ0n) is 59.9. The van der Waals surface area contributed by atoms with Crippen LogP contribution in [0.2, 0.25) is 0 Å². The first-order valence-corrected chi connectivity index (χ1v) is 39.3. The molecule has 0 aliphatic carbocycles. The van der Waals surface area contributed by atoms with Gasteiger partial charge in [-0.05, 0) is 38.5 Å². The standard InChI is InChI=1S/C79H153NO8/c1-6-8-10-12-14-16-18-20-22-24-26-28-30-32-33-34-35-36-37-38-39-40-41-42-43-44-45-46-48-50-52-54-56-58-60-62-64-66-68-70-77(82)88-75(74-87-79(78(83)84)85-72-71-80(3,4)5)73-86-76(81)69-67-65-63-61-59-57-55-53-51-49-47-31-29-27-25-23-21-19-17-15-13-11-9-7-2/h24,26,75,79H,6-23,25,27-74H2,1-5H3/b26-24-. The van der Waals surface area contributed by atoms with Crippen LogP contribution in [0.25, 0.3) is 0 Å². The zero-order chi connectivity index (χ0) is 64.0. The van der Waals surface area contributed by atoms with E-state index >= 15 is 0 Å². The first-order chi connectivity index (χ1) is 43.1. The highest BCUT2D eigenvalue weighted by Gasteiger charge is 2.22. The van der Waals surface area contributed by atoms with E-state index < -0.39 is 24.3 Å². The lowest BCUT2D eigenvalue weighted by atomic mass is 10.0. The third-order valence-electron chi connectivity index (χ3n) is 18.3. The van der Waals surface area contributed by atoms with Gasteiger partial charge in [-0.25, -0.2) is 0 Å². The fourth-order valence-electron chi connectivity index (χ4n) is 12.2. The van der Waals surface area contributed by atoms with Crippen LogP contribution in [-0.4, -0.2) is 82.3 Å². The van der Waals surface area contributed by atoms with E-state index in [-0.39, 0.29) is 32.2 Å². The summed E-state index contributed by atoms with van der Waals surface area (Å²) in [5.41, 5.74) is 0. The molecule has 0 aromatic rings. The van der Waals surface area contributed by atoms with Crippen molar-refractivity contribution in [2.45, 2.75) is 431 Å². The van der Waals surface area contributed by atoms with Crippen LogP contribution in [0.4, 0.5) is 0 Å². The van der Waals surface area contributed by atoms with Crippen molar-refractivity contribution >= 4 is 17.9 Å². The van der Waals surface area contributed by atoms with Crippen LogP contribution in [0.1, 0.15) is 418 Å². The fourth-order valence-corrected chi connectivity index (χ4v) is 12.2. The molecule has 0 spiro atoms. The molecule has 0 aromatic heterocycles. The molecule has 0 rings (SSSR count). The molecular formula is C79H153NO8. The Kier molecular flexibility index (Phi) is 69.3. The van der Waals surface area contributed by atoms with Crippen molar-refractivity contribution in [3.05, 3.63) is 12.2 Å². The lowest BCUT2D eigenvalue weighted by molar-refractivity contribution is -0.870.